The molecule has 0 aliphatic heterocycles. The van der Waals surface area contributed by atoms with Gasteiger partial charge in [0.2, 0.25) is 0 Å². The van der Waals surface area contributed by atoms with Crippen molar-refractivity contribution in [3.05, 3.63) is 29.3 Å². The molecule has 82 valence electrons. The second kappa shape index (κ2) is 6.75. The van der Waals surface area contributed by atoms with Gasteiger partial charge in [-0.05, 0) is 30.6 Å². The summed E-state index contributed by atoms with van der Waals surface area (Å²) < 4.78 is 0. The molecule has 2 nitrogen and oxygen atoms in total. The smallest absolute Gasteiger partial charge is 0.142 e. The van der Waals surface area contributed by atoms with Crippen molar-refractivity contribution in [2.24, 2.45) is 0 Å². The first-order chi connectivity index (χ1) is 7.27. The number of carbonyl (C=O) groups is 1. The molecule has 15 heavy (non-hydrogen) atoms. The maximum absolute atomic E-state index is 10.8. The summed E-state index contributed by atoms with van der Waals surface area (Å²) in [7, 11) is 0. The summed E-state index contributed by atoms with van der Waals surface area (Å²) >= 11 is 7.70. The van der Waals surface area contributed by atoms with Crippen LogP contribution in [0, 0.1) is 0 Å². The molecule has 0 aliphatic rings. The van der Waals surface area contributed by atoms with Crippen LogP contribution in [0.1, 0.15) is 6.42 Å². The van der Waals surface area contributed by atoms with E-state index >= 15 is 0 Å². The molecule has 1 unspecified atom stereocenters. The first-order valence-electron chi connectivity index (χ1n) is 4.73. The Bertz CT molecular complexity index is 319. The molecule has 1 rings (SSSR count). The summed E-state index contributed by atoms with van der Waals surface area (Å²) in [6.07, 6.45) is 3.77. The average molecular weight is 244 g/mol. The predicted molar refractivity (Wildman–Crippen MR) is 67.9 cm³/mol. The van der Waals surface area contributed by atoms with Crippen molar-refractivity contribution in [2.45, 2.75) is 12.5 Å². The molecular formula is C11H14ClNOS. The molecule has 0 saturated carbocycles. The van der Waals surface area contributed by atoms with Crippen LogP contribution in [0.3, 0.4) is 0 Å². The van der Waals surface area contributed by atoms with Gasteiger partial charge < -0.3 is 10.1 Å². The van der Waals surface area contributed by atoms with Gasteiger partial charge in [0, 0.05) is 0 Å². The number of thioether (sulfide) groups is 1. The van der Waals surface area contributed by atoms with E-state index in [-0.39, 0.29) is 6.04 Å². The molecule has 0 fully saturated rings. The number of nitrogens with one attached hydrogen (secondary N) is 1. The monoisotopic (exact) mass is 243 g/mol. The van der Waals surface area contributed by atoms with Crippen molar-refractivity contribution >= 4 is 35.3 Å². The van der Waals surface area contributed by atoms with Gasteiger partial charge in [0.05, 0.1) is 16.8 Å². The molecule has 0 spiro atoms. The molecule has 0 saturated heterocycles. The Morgan fingerprint density at radius 3 is 2.87 bits per heavy atom. The van der Waals surface area contributed by atoms with Gasteiger partial charge in [-0.15, -0.1) is 0 Å². The van der Waals surface area contributed by atoms with Crippen molar-refractivity contribution in [1.29, 1.82) is 0 Å². The fourth-order valence-corrected chi connectivity index (χ4v) is 1.88. The lowest BCUT2D eigenvalue weighted by atomic mass is 10.2. The largest absolute Gasteiger partial charge is 0.374 e. The number of aldehydes is 1. The summed E-state index contributed by atoms with van der Waals surface area (Å²) in [4.78, 5) is 10.8. The van der Waals surface area contributed by atoms with Crippen molar-refractivity contribution in [3.8, 4) is 0 Å². The number of halogens is 1. The van der Waals surface area contributed by atoms with Gasteiger partial charge in [-0.2, -0.15) is 11.8 Å². The lowest BCUT2D eigenvalue weighted by Crippen LogP contribution is -2.21. The second-order valence-electron chi connectivity index (χ2n) is 3.15. The van der Waals surface area contributed by atoms with Crippen LogP contribution in [0.2, 0.25) is 5.02 Å². The number of benzene rings is 1. The molecule has 1 atom stereocenters. The predicted octanol–water partition coefficient (Wildman–Crippen LogP) is 3.07. The van der Waals surface area contributed by atoms with Gasteiger partial charge in [-0.25, -0.2) is 0 Å². The molecular weight excluding hydrogens is 230 g/mol. The van der Waals surface area contributed by atoms with E-state index in [0.717, 1.165) is 24.1 Å². The molecule has 1 aromatic carbocycles. The van der Waals surface area contributed by atoms with E-state index < -0.39 is 0 Å². The lowest BCUT2D eigenvalue weighted by molar-refractivity contribution is -0.108. The number of anilines is 1. The van der Waals surface area contributed by atoms with E-state index in [4.69, 9.17) is 11.6 Å². The Kier molecular flexibility index (Phi) is 5.58. The lowest BCUT2D eigenvalue weighted by Gasteiger charge is -2.14. The summed E-state index contributed by atoms with van der Waals surface area (Å²) in [6, 6.07) is 7.28. The molecule has 0 radical (unpaired) electrons. The minimum absolute atomic E-state index is 0.155. The van der Waals surface area contributed by atoms with Crippen LogP contribution in [0.5, 0.6) is 0 Å². The Labute approximate surface area is 99.4 Å². The number of hydrogen-bond acceptors (Lipinski definition) is 3. The highest BCUT2D eigenvalue weighted by molar-refractivity contribution is 7.98. The normalized spacial score (nSPS) is 12.1. The Morgan fingerprint density at radius 1 is 1.53 bits per heavy atom. The molecule has 0 heterocycles. The molecule has 0 amide bonds. The maximum Gasteiger partial charge on any atom is 0.142 e. The van der Waals surface area contributed by atoms with Gasteiger partial charge >= 0.3 is 0 Å². The van der Waals surface area contributed by atoms with Crippen molar-refractivity contribution in [2.75, 3.05) is 17.3 Å². The third-order valence-corrected chi connectivity index (χ3v) is 2.99. The van der Waals surface area contributed by atoms with Crippen molar-refractivity contribution < 1.29 is 4.79 Å². The number of hydrogen-bond donors (Lipinski definition) is 1. The van der Waals surface area contributed by atoms with E-state index in [1.54, 1.807) is 17.8 Å². The summed E-state index contributed by atoms with van der Waals surface area (Å²) in [5.41, 5.74) is 0.817. The standard InChI is InChI=1S/C11H14ClNOS/c1-15-7-6-9(8-14)13-11-5-3-2-4-10(11)12/h2-5,8-9,13H,6-7H2,1H3. The van der Waals surface area contributed by atoms with Crippen LogP contribution in [-0.4, -0.2) is 24.3 Å². The van der Waals surface area contributed by atoms with E-state index in [2.05, 4.69) is 5.32 Å². The van der Waals surface area contributed by atoms with Gasteiger partial charge in [-0.3, -0.25) is 0 Å². The highest BCUT2D eigenvalue weighted by Crippen LogP contribution is 2.21. The van der Waals surface area contributed by atoms with Gasteiger partial charge in [0.15, 0.2) is 0 Å². The van der Waals surface area contributed by atoms with Crippen molar-refractivity contribution in [1.82, 2.24) is 0 Å². The van der Waals surface area contributed by atoms with Crippen LogP contribution in [0.4, 0.5) is 5.69 Å². The van der Waals surface area contributed by atoms with E-state index in [1.165, 1.54) is 0 Å². The van der Waals surface area contributed by atoms with Gasteiger partial charge in [-0.1, -0.05) is 23.7 Å². The molecule has 4 heteroatoms. The highest BCUT2D eigenvalue weighted by Gasteiger charge is 2.07. The SMILES string of the molecule is CSCCC(C=O)Nc1ccccc1Cl. The number of para-hydroxylation sites is 1. The van der Waals surface area contributed by atoms with Crippen LogP contribution in [0.25, 0.3) is 0 Å². The van der Waals surface area contributed by atoms with Crippen LogP contribution < -0.4 is 5.32 Å². The molecule has 0 aliphatic carbocycles. The first kappa shape index (κ1) is 12.4. The van der Waals surface area contributed by atoms with E-state index in [9.17, 15) is 4.79 Å². The Hall–Kier alpha value is -0.670. The van der Waals surface area contributed by atoms with Crippen LogP contribution >= 0.6 is 23.4 Å². The quantitative estimate of drug-likeness (QED) is 0.779. The van der Waals surface area contributed by atoms with Crippen LogP contribution in [-0.2, 0) is 4.79 Å². The summed E-state index contributed by atoms with van der Waals surface area (Å²) in [5, 5.41) is 3.77. The molecule has 0 aromatic heterocycles. The number of rotatable bonds is 6. The summed E-state index contributed by atoms with van der Waals surface area (Å²) in [6.45, 7) is 0. The second-order valence-corrected chi connectivity index (χ2v) is 4.54. The molecule has 0 bridgehead atoms. The first-order valence-corrected chi connectivity index (χ1v) is 6.50. The topological polar surface area (TPSA) is 29.1 Å². The highest BCUT2D eigenvalue weighted by atomic mass is 35.5. The fraction of sp³-hybridized carbons (Fsp3) is 0.364. The summed E-state index contributed by atoms with van der Waals surface area (Å²) in [5.74, 6) is 0.959. The fourth-order valence-electron chi connectivity index (χ4n) is 1.20. The Morgan fingerprint density at radius 2 is 2.27 bits per heavy atom. The zero-order valence-corrected chi connectivity index (χ0v) is 10.1. The Balaban J connectivity index is 2.58. The van der Waals surface area contributed by atoms with Crippen LogP contribution in [0.15, 0.2) is 24.3 Å². The zero-order valence-electron chi connectivity index (χ0n) is 8.57. The minimum atomic E-state index is -0.155. The van der Waals surface area contributed by atoms with Crippen molar-refractivity contribution in [3.63, 3.8) is 0 Å². The zero-order chi connectivity index (χ0) is 11.1. The molecule has 1 N–H and O–H groups in total. The van der Waals surface area contributed by atoms with Gasteiger partial charge in [0.1, 0.15) is 6.29 Å². The van der Waals surface area contributed by atoms with E-state index in [1.807, 2.05) is 24.5 Å². The third kappa shape index (κ3) is 4.14. The average Bonchev–Trinajstić information content (AvgIpc) is 2.26. The number of carbonyl (C=O) groups excluding carboxylic acids is 1. The maximum atomic E-state index is 10.8. The van der Waals surface area contributed by atoms with Gasteiger partial charge in [0.25, 0.3) is 0 Å². The third-order valence-electron chi connectivity index (χ3n) is 2.01. The molecule has 1 aromatic rings. The minimum Gasteiger partial charge on any atom is -0.374 e. The van der Waals surface area contributed by atoms with E-state index in [0.29, 0.717) is 5.02 Å².